The number of carbonyl (C=O) groups excluding carboxylic acids is 3. The number of hydrogen-bond acceptors (Lipinski definition) is 6. The molecule has 1 unspecified atom stereocenters. The third kappa shape index (κ3) is 48.3. The summed E-state index contributed by atoms with van der Waals surface area (Å²) < 4.78 is 16.6. The van der Waals surface area contributed by atoms with Crippen LogP contribution < -0.4 is 0 Å². The minimum atomic E-state index is -0.842. The smallest absolute Gasteiger partial charge is 0.306 e. The molecule has 1 atom stereocenters. The summed E-state index contributed by atoms with van der Waals surface area (Å²) in [5.74, 6) is -1.09. The molecule has 0 saturated carbocycles. The lowest BCUT2D eigenvalue weighted by molar-refractivity contribution is -0.166. The second-order valence-corrected chi connectivity index (χ2v) is 15.8. The highest BCUT2D eigenvalue weighted by molar-refractivity contribution is 5.71. The Hall–Kier alpha value is -4.71. The van der Waals surface area contributed by atoms with E-state index in [-0.39, 0.29) is 50.4 Å². The highest BCUT2D eigenvalue weighted by atomic mass is 16.6. The maximum atomic E-state index is 12.8. The highest BCUT2D eigenvalue weighted by Crippen LogP contribution is 2.11. The van der Waals surface area contributed by atoms with Gasteiger partial charge in [0.25, 0.3) is 0 Å². The molecule has 0 rings (SSSR count). The van der Waals surface area contributed by atoms with Crippen LogP contribution in [0.1, 0.15) is 181 Å². The van der Waals surface area contributed by atoms with Gasteiger partial charge < -0.3 is 14.2 Å². The minimum absolute atomic E-state index is 0.138. The lowest BCUT2D eigenvalue weighted by Crippen LogP contribution is -2.30. The van der Waals surface area contributed by atoms with Crippen molar-refractivity contribution >= 4 is 17.9 Å². The average Bonchev–Trinajstić information content (AvgIpc) is 3.29. The van der Waals surface area contributed by atoms with E-state index in [9.17, 15) is 14.4 Å². The summed E-state index contributed by atoms with van der Waals surface area (Å²) in [4.78, 5) is 37.9. The molecular weight excluding hydrogens is 793 g/mol. The molecule has 0 radical (unpaired) electrons. The lowest BCUT2D eigenvalue weighted by Gasteiger charge is -2.18. The third-order valence-electron chi connectivity index (χ3n) is 9.73. The summed E-state index contributed by atoms with van der Waals surface area (Å²) in [5.41, 5.74) is 0. The number of unbranched alkanes of at least 4 members (excludes halogenated alkanes) is 12. The number of carbonyl (C=O) groups is 3. The van der Waals surface area contributed by atoms with Crippen molar-refractivity contribution in [2.24, 2.45) is 0 Å². The fourth-order valence-corrected chi connectivity index (χ4v) is 6.04. The van der Waals surface area contributed by atoms with Crippen LogP contribution in [0.5, 0.6) is 0 Å². The van der Waals surface area contributed by atoms with E-state index in [1.165, 1.54) is 38.5 Å². The molecular formula is C58H88O6. The molecule has 6 nitrogen and oxygen atoms in total. The van der Waals surface area contributed by atoms with Crippen LogP contribution in [0.25, 0.3) is 0 Å². The van der Waals surface area contributed by atoms with Gasteiger partial charge in [-0.05, 0) is 96.3 Å². The van der Waals surface area contributed by atoms with E-state index in [1.54, 1.807) is 0 Å². The summed E-state index contributed by atoms with van der Waals surface area (Å²) >= 11 is 0. The van der Waals surface area contributed by atoms with Crippen molar-refractivity contribution in [2.75, 3.05) is 13.2 Å². The summed E-state index contributed by atoms with van der Waals surface area (Å²) in [6.45, 7) is 6.22. The SMILES string of the molecule is CC\C=C/C=C\C=C/C=C\C=C\C=C/CCCCCC(=O)OCC(COC(=O)CC/C=C\C/C=C\CCCCCCCC)OC(=O)CCCCC/C=C\C/C=C\C/C=C\C/C=C\CC. The second-order valence-electron chi connectivity index (χ2n) is 15.8. The van der Waals surface area contributed by atoms with Crippen molar-refractivity contribution in [2.45, 2.75) is 187 Å². The number of rotatable bonds is 42. The van der Waals surface area contributed by atoms with Gasteiger partial charge in [-0.2, -0.15) is 0 Å². The Morgan fingerprint density at radius 2 is 0.719 bits per heavy atom. The Kier molecular flexibility index (Phi) is 47.2. The minimum Gasteiger partial charge on any atom is -0.462 e. The predicted octanol–water partition coefficient (Wildman–Crippen LogP) is 16.5. The number of hydrogen-bond donors (Lipinski definition) is 0. The summed E-state index contributed by atoms with van der Waals surface area (Å²) in [6.07, 6.45) is 72.7. The zero-order valence-corrected chi connectivity index (χ0v) is 40.5. The monoisotopic (exact) mass is 881 g/mol. The van der Waals surface area contributed by atoms with Crippen LogP contribution in [-0.4, -0.2) is 37.2 Å². The van der Waals surface area contributed by atoms with E-state index in [4.69, 9.17) is 14.2 Å². The molecule has 0 saturated heterocycles. The molecule has 0 aromatic rings. The molecule has 0 spiro atoms. The maximum Gasteiger partial charge on any atom is 0.306 e. The van der Waals surface area contributed by atoms with Gasteiger partial charge in [-0.3, -0.25) is 14.4 Å². The normalized spacial score (nSPS) is 13.4. The van der Waals surface area contributed by atoms with Gasteiger partial charge in [0.15, 0.2) is 6.10 Å². The molecule has 0 bridgehead atoms. The molecule has 6 heteroatoms. The van der Waals surface area contributed by atoms with Gasteiger partial charge in [0.1, 0.15) is 13.2 Å². The first-order chi connectivity index (χ1) is 31.5. The van der Waals surface area contributed by atoms with Crippen molar-refractivity contribution in [3.63, 3.8) is 0 Å². The standard InChI is InChI=1S/C58H88O6/c1-4-7-10-13-16-19-22-25-27-29-31-33-36-39-42-45-48-51-57(60)63-54-55(53-62-56(59)50-47-44-41-38-35-32-24-21-18-15-12-9-6-3)64-58(61)52-49-46-43-40-37-34-30-28-26-23-20-17-14-11-8-5-2/h7-8,10-11,13,16-17,19-20,22,25-29,31-37,41,44,55H,4-6,9,12,14-15,18,21,23-24,30,38-40,42-43,45-54H2,1-3H3/b10-7-,11-8-,16-13-,20-17-,22-19-,27-25-,28-26-,31-29+,35-32-,36-33-,37-34-,44-41-. The molecule has 0 aliphatic carbocycles. The Morgan fingerprint density at radius 1 is 0.344 bits per heavy atom. The van der Waals surface area contributed by atoms with Crippen molar-refractivity contribution in [3.05, 3.63) is 146 Å². The van der Waals surface area contributed by atoms with Crippen molar-refractivity contribution in [3.8, 4) is 0 Å². The molecule has 0 aliphatic rings. The highest BCUT2D eigenvalue weighted by Gasteiger charge is 2.19. The van der Waals surface area contributed by atoms with Gasteiger partial charge in [0.2, 0.25) is 0 Å². The molecule has 0 aliphatic heterocycles. The Balaban J connectivity index is 4.64. The van der Waals surface area contributed by atoms with Gasteiger partial charge in [-0.15, -0.1) is 0 Å². The average molecular weight is 881 g/mol. The van der Waals surface area contributed by atoms with Gasteiger partial charge in [-0.1, -0.05) is 212 Å². The molecule has 0 amide bonds. The third-order valence-corrected chi connectivity index (χ3v) is 9.73. The van der Waals surface area contributed by atoms with Crippen LogP contribution in [0.3, 0.4) is 0 Å². The molecule has 0 fully saturated rings. The van der Waals surface area contributed by atoms with E-state index in [2.05, 4.69) is 99.8 Å². The molecule has 64 heavy (non-hydrogen) atoms. The number of allylic oxidation sites excluding steroid dienone is 24. The Morgan fingerprint density at radius 3 is 1.23 bits per heavy atom. The zero-order valence-electron chi connectivity index (χ0n) is 40.5. The Bertz CT molecular complexity index is 1480. The predicted molar refractivity (Wildman–Crippen MR) is 274 cm³/mol. The van der Waals surface area contributed by atoms with Crippen LogP contribution in [0.15, 0.2) is 146 Å². The number of esters is 3. The van der Waals surface area contributed by atoms with Crippen LogP contribution in [0.4, 0.5) is 0 Å². The van der Waals surface area contributed by atoms with Crippen molar-refractivity contribution in [1.82, 2.24) is 0 Å². The molecule has 0 heterocycles. The quantitative estimate of drug-likeness (QED) is 0.0200. The largest absolute Gasteiger partial charge is 0.462 e. The van der Waals surface area contributed by atoms with E-state index in [0.717, 1.165) is 83.5 Å². The Labute approximate surface area is 391 Å². The first-order valence-electron chi connectivity index (χ1n) is 24.9. The summed E-state index contributed by atoms with van der Waals surface area (Å²) in [6, 6.07) is 0. The first kappa shape index (κ1) is 59.3. The van der Waals surface area contributed by atoms with Gasteiger partial charge in [0, 0.05) is 19.3 Å². The first-order valence-corrected chi connectivity index (χ1v) is 24.9. The molecule has 0 aromatic carbocycles. The van der Waals surface area contributed by atoms with E-state index in [0.29, 0.717) is 19.3 Å². The van der Waals surface area contributed by atoms with E-state index >= 15 is 0 Å². The lowest BCUT2D eigenvalue weighted by atomic mass is 10.1. The second kappa shape index (κ2) is 50.9. The van der Waals surface area contributed by atoms with Crippen LogP contribution >= 0.6 is 0 Å². The summed E-state index contributed by atoms with van der Waals surface area (Å²) in [7, 11) is 0. The molecule has 0 aromatic heterocycles. The molecule has 356 valence electrons. The zero-order chi connectivity index (χ0) is 46.5. The van der Waals surface area contributed by atoms with Gasteiger partial charge in [0.05, 0.1) is 0 Å². The topological polar surface area (TPSA) is 78.9 Å². The number of ether oxygens (including phenoxy) is 3. The molecule has 0 N–H and O–H groups in total. The van der Waals surface area contributed by atoms with Gasteiger partial charge >= 0.3 is 17.9 Å². The van der Waals surface area contributed by atoms with Crippen molar-refractivity contribution < 1.29 is 28.6 Å². The fourth-order valence-electron chi connectivity index (χ4n) is 6.04. The van der Waals surface area contributed by atoms with Crippen LogP contribution in [-0.2, 0) is 28.6 Å². The van der Waals surface area contributed by atoms with Crippen LogP contribution in [0.2, 0.25) is 0 Å². The van der Waals surface area contributed by atoms with E-state index < -0.39 is 6.10 Å². The van der Waals surface area contributed by atoms with Crippen LogP contribution in [0, 0.1) is 0 Å². The summed E-state index contributed by atoms with van der Waals surface area (Å²) in [5, 5.41) is 0. The maximum absolute atomic E-state index is 12.8. The van der Waals surface area contributed by atoms with E-state index in [1.807, 2.05) is 66.8 Å². The van der Waals surface area contributed by atoms with Crippen molar-refractivity contribution in [1.29, 1.82) is 0 Å². The van der Waals surface area contributed by atoms with Gasteiger partial charge in [-0.25, -0.2) is 0 Å². The fraction of sp³-hybridized carbons (Fsp3) is 0.534.